The molecule has 0 aliphatic rings. The Morgan fingerprint density at radius 3 is 1.85 bits per heavy atom. The first-order valence-electron chi connectivity index (χ1n) is 7.53. The highest BCUT2D eigenvalue weighted by molar-refractivity contribution is 5.44. The molecular formula is C18H29O2. The minimum absolute atomic E-state index is 0.194. The quantitative estimate of drug-likeness (QED) is 0.682. The van der Waals surface area contributed by atoms with Crippen molar-refractivity contribution in [1.82, 2.24) is 0 Å². The molecule has 1 aromatic carbocycles. The molecule has 1 aromatic rings. The lowest BCUT2D eigenvalue weighted by atomic mass is 10.1. The van der Waals surface area contributed by atoms with E-state index in [1.807, 2.05) is 12.1 Å². The molecule has 0 bridgehead atoms. The normalized spacial score (nSPS) is 12.3. The molecule has 113 valence electrons. The second-order valence-corrected chi connectivity index (χ2v) is 6.46. The zero-order valence-corrected chi connectivity index (χ0v) is 13.9. The predicted octanol–water partition coefficient (Wildman–Crippen LogP) is 5.20. The molecule has 0 spiro atoms. The van der Waals surface area contributed by atoms with Crippen LogP contribution in [-0.2, 0) is 6.42 Å². The van der Waals surface area contributed by atoms with E-state index in [0.717, 1.165) is 36.3 Å². The largest absolute Gasteiger partial charge is 0.484 e. The number of rotatable bonds is 7. The van der Waals surface area contributed by atoms with E-state index >= 15 is 0 Å². The van der Waals surface area contributed by atoms with Crippen molar-refractivity contribution in [2.45, 2.75) is 72.0 Å². The molecule has 0 fully saturated rings. The van der Waals surface area contributed by atoms with Crippen LogP contribution in [0.25, 0.3) is 0 Å². The summed E-state index contributed by atoms with van der Waals surface area (Å²) in [5.41, 5.74) is 0.767. The van der Waals surface area contributed by atoms with Crippen LogP contribution in [0.2, 0.25) is 0 Å². The lowest BCUT2D eigenvalue weighted by Crippen LogP contribution is -2.30. The van der Waals surface area contributed by atoms with Crippen LogP contribution in [0, 0.1) is 6.92 Å². The molecule has 0 saturated carbocycles. The van der Waals surface area contributed by atoms with Gasteiger partial charge in [-0.15, -0.1) is 0 Å². The maximum Gasteiger partial charge on any atom is 0.162 e. The van der Waals surface area contributed by atoms with Gasteiger partial charge in [0, 0.05) is 0 Å². The van der Waals surface area contributed by atoms with Crippen LogP contribution in [0.1, 0.15) is 59.9 Å². The second-order valence-electron chi connectivity index (χ2n) is 6.46. The van der Waals surface area contributed by atoms with E-state index < -0.39 is 0 Å². The molecule has 0 N–H and O–H groups in total. The van der Waals surface area contributed by atoms with Crippen LogP contribution in [0.5, 0.6) is 11.5 Å². The first-order chi connectivity index (χ1) is 9.23. The Morgan fingerprint density at radius 2 is 1.40 bits per heavy atom. The van der Waals surface area contributed by atoms with Crippen LogP contribution in [0.4, 0.5) is 0 Å². The topological polar surface area (TPSA) is 18.5 Å². The predicted molar refractivity (Wildman–Crippen MR) is 85.5 cm³/mol. The monoisotopic (exact) mass is 277 g/mol. The van der Waals surface area contributed by atoms with Crippen LogP contribution >= 0.6 is 0 Å². The fraction of sp³-hybridized carbons (Fsp3) is 0.611. The summed E-state index contributed by atoms with van der Waals surface area (Å²) in [5, 5.41) is 0. The van der Waals surface area contributed by atoms with Crippen molar-refractivity contribution in [2.24, 2.45) is 0 Å². The van der Waals surface area contributed by atoms with Gasteiger partial charge in [0.2, 0.25) is 0 Å². The first-order valence-corrected chi connectivity index (χ1v) is 7.53. The second kappa shape index (κ2) is 6.51. The van der Waals surface area contributed by atoms with Crippen LogP contribution in [0.3, 0.4) is 0 Å². The van der Waals surface area contributed by atoms with Gasteiger partial charge in [0.25, 0.3) is 0 Å². The Morgan fingerprint density at radius 1 is 0.900 bits per heavy atom. The van der Waals surface area contributed by atoms with Crippen molar-refractivity contribution in [3.8, 4) is 11.5 Å². The van der Waals surface area contributed by atoms with E-state index in [1.54, 1.807) is 0 Å². The van der Waals surface area contributed by atoms with Crippen molar-refractivity contribution < 1.29 is 9.47 Å². The Kier molecular flexibility index (Phi) is 5.50. The minimum Gasteiger partial charge on any atom is -0.484 e. The van der Waals surface area contributed by atoms with Gasteiger partial charge in [0.05, 0.1) is 0 Å². The molecule has 0 atom stereocenters. The maximum absolute atomic E-state index is 6.16. The smallest absolute Gasteiger partial charge is 0.162 e. The number of benzene rings is 1. The SMILES string of the molecule is [CH2]Cc1ccc(OC(C)(C)CC)c(OC(C)(C)CC)c1. The molecule has 0 heterocycles. The van der Waals surface area contributed by atoms with Gasteiger partial charge >= 0.3 is 0 Å². The fourth-order valence-corrected chi connectivity index (χ4v) is 1.61. The van der Waals surface area contributed by atoms with E-state index in [1.165, 1.54) is 0 Å². The van der Waals surface area contributed by atoms with Gasteiger partial charge in [-0.25, -0.2) is 0 Å². The molecule has 0 unspecified atom stereocenters. The van der Waals surface area contributed by atoms with Crippen LogP contribution in [0.15, 0.2) is 18.2 Å². The fourth-order valence-electron chi connectivity index (χ4n) is 1.61. The van der Waals surface area contributed by atoms with Crippen molar-refractivity contribution in [2.75, 3.05) is 0 Å². The van der Waals surface area contributed by atoms with E-state index in [0.29, 0.717) is 0 Å². The van der Waals surface area contributed by atoms with Gasteiger partial charge < -0.3 is 9.47 Å². The Balaban J connectivity index is 3.10. The summed E-state index contributed by atoms with van der Waals surface area (Å²) in [7, 11) is 0. The standard InChI is InChI=1S/C18H29O2/c1-8-14-11-12-15(19-17(4,5)9-2)16(13-14)20-18(6,7)10-3/h11-13H,1,8-10H2,2-7H3. The lowest BCUT2D eigenvalue weighted by Gasteiger charge is -2.30. The maximum atomic E-state index is 6.16. The molecule has 1 rings (SSSR count). The average Bonchev–Trinajstić information content (AvgIpc) is 2.40. The third-order valence-electron chi connectivity index (χ3n) is 3.77. The molecule has 0 amide bonds. The average molecular weight is 277 g/mol. The van der Waals surface area contributed by atoms with Gasteiger partial charge in [-0.1, -0.05) is 19.9 Å². The van der Waals surface area contributed by atoms with Crippen molar-refractivity contribution in [3.63, 3.8) is 0 Å². The number of hydrogen-bond acceptors (Lipinski definition) is 2. The summed E-state index contributed by atoms with van der Waals surface area (Å²) in [5.74, 6) is 1.63. The van der Waals surface area contributed by atoms with Crippen molar-refractivity contribution >= 4 is 0 Å². The van der Waals surface area contributed by atoms with Gasteiger partial charge in [0.15, 0.2) is 11.5 Å². The highest BCUT2D eigenvalue weighted by Crippen LogP contribution is 2.35. The Labute approximate surface area is 124 Å². The summed E-state index contributed by atoms with van der Waals surface area (Å²) in [6, 6.07) is 6.10. The van der Waals surface area contributed by atoms with Gasteiger partial charge in [-0.05, 0) is 71.6 Å². The molecule has 2 heteroatoms. The molecule has 1 radical (unpaired) electrons. The molecule has 0 aromatic heterocycles. The third-order valence-corrected chi connectivity index (χ3v) is 3.77. The zero-order chi connectivity index (χ0) is 15.4. The molecule has 0 aliphatic carbocycles. The number of hydrogen-bond donors (Lipinski definition) is 0. The number of ether oxygens (including phenoxy) is 2. The van der Waals surface area contributed by atoms with Crippen LogP contribution < -0.4 is 9.47 Å². The van der Waals surface area contributed by atoms with E-state index in [-0.39, 0.29) is 11.2 Å². The highest BCUT2D eigenvalue weighted by Gasteiger charge is 2.23. The zero-order valence-electron chi connectivity index (χ0n) is 13.9. The third kappa shape index (κ3) is 4.73. The first kappa shape index (κ1) is 16.9. The van der Waals surface area contributed by atoms with Crippen molar-refractivity contribution in [1.29, 1.82) is 0 Å². The Bertz CT molecular complexity index is 433. The van der Waals surface area contributed by atoms with Gasteiger partial charge in [-0.2, -0.15) is 0 Å². The highest BCUT2D eigenvalue weighted by atomic mass is 16.5. The van der Waals surface area contributed by atoms with E-state index in [4.69, 9.17) is 9.47 Å². The molecular weight excluding hydrogens is 248 g/mol. The summed E-state index contributed by atoms with van der Waals surface area (Å²) < 4.78 is 12.3. The van der Waals surface area contributed by atoms with Gasteiger partial charge in [-0.3, -0.25) is 0 Å². The lowest BCUT2D eigenvalue weighted by molar-refractivity contribution is 0.0728. The van der Waals surface area contributed by atoms with Gasteiger partial charge in [0.1, 0.15) is 11.2 Å². The minimum atomic E-state index is -0.200. The summed E-state index contributed by atoms with van der Waals surface area (Å²) in [6.07, 6.45) is 2.64. The molecule has 0 saturated heterocycles. The summed E-state index contributed by atoms with van der Waals surface area (Å²) in [6.45, 7) is 16.6. The van der Waals surface area contributed by atoms with E-state index in [2.05, 4.69) is 54.5 Å². The molecule has 2 nitrogen and oxygen atoms in total. The molecule has 20 heavy (non-hydrogen) atoms. The summed E-state index contributed by atoms with van der Waals surface area (Å²) >= 11 is 0. The van der Waals surface area contributed by atoms with Crippen LogP contribution in [-0.4, -0.2) is 11.2 Å². The summed E-state index contributed by atoms with van der Waals surface area (Å²) in [4.78, 5) is 0. The van der Waals surface area contributed by atoms with E-state index in [9.17, 15) is 0 Å². The Hall–Kier alpha value is -1.18. The van der Waals surface area contributed by atoms with Crippen molar-refractivity contribution in [3.05, 3.63) is 30.7 Å². The molecule has 0 aliphatic heterocycles.